The van der Waals surface area contributed by atoms with Gasteiger partial charge in [0.2, 0.25) is 0 Å². The molecule has 0 saturated heterocycles. The Labute approximate surface area is 109 Å². The molecule has 0 aromatic heterocycles. The van der Waals surface area contributed by atoms with E-state index in [4.69, 9.17) is 0 Å². The van der Waals surface area contributed by atoms with Gasteiger partial charge in [-0.3, -0.25) is 0 Å². The van der Waals surface area contributed by atoms with Crippen LogP contribution in [0.5, 0.6) is 0 Å². The molecule has 0 amide bonds. The molecule has 1 aromatic rings. The molecule has 1 atom stereocenters. The second kappa shape index (κ2) is 9.51. The van der Waals surface area contributed by atoms with Gasteiger partial charge in [0.1, 0.15) is 0 Å². The summed E-state index contributed by atoms with van der Waals surface area (Å²) in [7, 11) is 0. The van der Waals surface area contributed by atoms with E-state index < -0.39 is 0 Å². The van der Waals surface area contributed by atoms with Crippen LogP contribution in [0.1, 0.15) is 18.4 Å². The van der Waals surface area contributed by atoms with Crippen molar-refractivity contribution in [1.82, 2.24) is 5.32 Å². The number of rotatable bonds is 9. The van der Waals surface area contributed by atoms with Gasteiger partial charge in [-0.2, -0.15) is 11.8 Å². The van der Waals surface area contributed by atoms with E-state index in [9.17, 15) is 5.11 Å². The maximum atomic E-state index is 9.32. The maximum absolute atomic E-state index is 9.32. The molecular weight excluding hydrogens is 230 g/mol. The second-order valence-corrected chi connectivity index (χ2v) is 5.21. The summed E-state index contributed by atoms with van der Waals surface area (Å²) in [6, 6.07) is 10.5. The largest absolute Gasteiger partial charge is 0.395 e. The highest BCUT2D eigenvalue weighted by molar-refractivity contribution is 7.98. The minimum atomic E-state index is 0.187. The van der Waals surface area contributed by atoms with Crippen LogP contribution in [0.25, 0.3) is 0 Å². The van der Waals surface area contributed by atoms with Gasteiger partial charge in [0.05, 0.1) is 6.61 Å². The molecule has 0 spiro atoms. The molecule has 0 bridgehead atoms. The van der Waals surface area contributed by atoms with Crippen molar-refractivity contribution >= 4 is 11.8 Å². The highest BCUT2D eigenvalue weighted by atomic mass is 32.2. The van der Waals surface area contributed by atoms with Crippen LogP contribution in [-0.4, -0.2) is 36.3 Å². The van der Waals surface area contributed by atoms with Crippen molar-refractivity contribution in [3.63, 3.8) is 0 Å². The molecule has 96 valence electrons. The molecule has 3 heteroatoms. The first kappa shape index (κ1) is 14.6. The lowest BCUT2D eigenvalue weighted by atomic mass is 10.1. The van der Waals surface area contributed by atoms with Crippen molar-refractivity contribution in [2.45, 2.75) is 25.3 Å². The number of thioether (sulfide) groups is 1. The summed E-state index contributed by atoms with van der Waals surface area (Å²) < 4.78 is 0. The lowest BCUT2D eigenvalue weighted by Gasteiger charge is -2.16. The number of unbranched alkanes of at least 4 members (excludes halogenated alkanes) is 1. The molecule has 0 saturated carbocycles. The summed E-state index contributed by atoms with van der Waals surface area (Å²) >= 11 is 1.89. The standard InChI is InChI=1S/C14H23NOS/c1-17-10-6-5-9-15-14(12-16)11-13-7-3-2-4-8-13/h2-4,7-8,14-16H,5-6,9-12H2,1H3/t14-/m1/s1. The van der Waals surface area contributed by atoms with E-state index in [0.29, 0.717) is 0 Å². The van der Waals surface area contributed by atoms with Gasteiger partial charge in [0.25, 0.3) is 0 Å². The second-order valence-electron chi connectivity index (χ2n) is 4.22. The Kier molecular flexibility index (Phi) is 8.14. The zero-order valence-electron chi connectivity index (χ0n) is 10.6. The number of benzene rings is 1. The third kappa shape index (κ3) is 6.71. The van der Waals surface area contributed by atoms with Crippen LogP contribution in [0.15, 0.2) is 30.3 Å². The fourth-order valence-electron chi connectivity index (χ4n) is 1.78. The third-order valence-corrected chi connectivity index (χ3v) is 3.45. The SMILES string of the molecule is CSCCCCN[C@@H](CO)Cc1ccccc1. The normalized spacial score (nSPS) is 12.6. The summed E-state index contributed by atoms with van der Waals surface area (Å²) in [4.78, 5) is 0. The first-order chi connectivity index (χ1) is 8.36. The van der Waals surface area contributed by atoms with Crippen molar-refractivity contribution in [2.75, 3.05) is 25.2 Å². The molecule has 0 aliphatic heterocycles. The van der Waals surface area contributed by atoms with E-state index in [0.717, 1.165) is 13.0 Å². The van der Waals surface area contributed by atoms with Crippen molar-refractivity contribution in [1.29, 1.82) is 0 Å². The molecule has 2 N–H and O–H groups in total. The van der Waals surface area contributed by atoms with Gasteiger partial charge >= 0.3 is 0 Å². The monoisotopic (exact) mass is 253 g/mol. The maximum Gasteiger partial charge on any atom is 0.0587 e. The van der Waals surface area contributed by atoms with Crippen molar-refractivity contribution in [3.8, 4) is 0 Å². The predicted octanol–water partition coefficient (Wildman–Crippen LogP) is 2.32. The Bertz CT molecular complexity index is 279. The van der Waals surface area contributed by atoms with Crippen molar-refractivity contribution < 1.29 is 5.11 Å². The van der Waals surface area contributed by atoms with E-state index in [1.165, 1.54) is 24.2 Å². The average Bonchev–Trinajstić information content (AvgIpc) is 2.38. The van der Waals surface area contributed by atoms with Gasteiger partial charge < -0.3 is 10.4 Å². The summed E-state index contributed by atoms with van der Waals surface area (Å²) in [5.41, 5.74) is 1.28. The molecule has 0 fully saturated rings. The highest BCUT2D eigenvalue weighted by Crippen LogP contribution is 2.03. The Morgan fingerprint density at radius 3 is 2.65 bits per heavy atom. The summed E-state index contributed by atoms with van der Waals surface area (Å²) in [6.45, 7) is 1.20. The highest BCUT2D eigenvalue weighted by Gasteiger charge is 2.06. The number of nitrogens with one attached hydrogen (secondary N) is 1. The minimum Gasteiger partial charge on any atom is -0.395 e. The molecule has 0 heterocycles. The minimum absolute atomic E-state index is 0.187. The molecule has 0 unspecified atom stereocenters. The van der Waals surface area contributed by atoms with Crippen LogP contribution < -0.4 is 5.32 Å². The van der Waals surface area contributed by atoms with Crippen LogP contribution in [0.2, 0.25) is 0 Å². The van der Waals surface area contributed by atoms with Crippen LogP contribution in [0.4, 0.5) is 0 Å². The van der Waals surface area contributed by atoms with Crippen molar-refractivity contribution in [2.24, 2.45) is 0 Å². The Hall–Kier alpha value is -0.510. The lowest BCUT2D eigenvalue weighted by Crippen LogP contribution is -2.35. The quantitative estimate of drug-likeness (QED) is 0.663. The van der Waals surface area contributed by atoms with Crippen LogP contribution in [0.3, 0.4) is 0 Å². The third-order valence-electron chi connectivity index (χ3n) is 2.75. The summed E-state index contributed by atoms with van der Waals surface area (Å²) in [6.07, 6.45) is 5.48. The zero-order chi connectivity index (χ0) is 12.3. The number of aliphatic hydroxyl groups excluding tert-OH is 1. The molecule has 1 rings (SSSR count). The molecular formula is C14H23NOS. The van der Waals surface area contributed by atoms with E-state index in [-0.39, 0.29) is 12.6 Å². The lowest BCUT2D eigenvalue weighted by molar-refractivity contribution is 0.241. The summed E-state index contributed by atoms with van der Waals surface area (Å²) in [5.74, 6) is 1.23. The number of hydrogen-bond acceptors (Lipinski definition) is 3. The molecule has 17 heavy (non-hydrogen) atoms. The van der Waals surface area contributed by atoms with E-state index >= 15 is 0 Å². The average molecular weight is 253 g/mol. The molecule has 2 nitrogen and oxygen atoms in total. The van der Waals surface area contributed by atoms with E-state index in [2.05, 4.69) is 23.7 Å². The Balaban J connectivity index is 2.20. The Morgan fingerprint density at radius 2 is 2.00 bits per heavy atom. The number of hydrogen-bond donors (Lipinski definition) is 2. The van der Waals surface area contributed by atoms with E-state index in [1.807, 2.05) is 30.0 Å². The van der Waals surface area contributed by atoms with E-state index in [1.54, 1.807) is 0 Å². The molecule has 0 radical (unpaired) electrons. The van der Waals surface area contributed by atoms with Gasteiger partial charge in [0, 0.05) is 6.04 Å². The zero-order valence-corrected chi connectivity index (χ0v) is 11.4. The van der Waals surface area contributed by atoms with Crippen molar-refractivity contribution in [3.05, 3.63) is 35.9 Å². The van der Waals surface area contributed by atoms with Crippen LogP contribution >= 0.6 is 11.8 Å². The summed E-state index contributed by atoms with van der Waals surface area (Å²) in [5, 5.41) is 12.7. The van der Waals surface area contributed by atoms with Gasteiger partial charge in [-0.1, -0.05) is 30.3 Å². The van der Waals surface area contributed by atoms with Gasteiger partial charge in [-0.15, -0.1) is 0 Å². The molecule has 1 aromatic carbocycles. The van der Waals surface area contributed by atoms with Gasteiger partial charge in [-0.25, -0.2) is 0 Å². The molecule has 0 aliphatic rings. The Morgan fingerprint density at radius 1 is 1.24 bits per heavy atom. The topological polar surface area (TPSA) is 32.3 Å². The molecule has 0 aliphatic carbocycles. The van der Waals surface area contributed by atoms with Crippen LogP contribution in [-0.2, 0) is 6.42 Å². The fraction of sp³-hybridized carbons (Fsp3) is 0.571. The van der Waals surface area contributed by atoms with Crippen LogP contribution in [0, 0.1) is 0 Å². The van der Waals surface area contributed by atoms with Gasteiger partial charge in [-0.05, 0) is 43.4 Å². The first-order valence-electron chi connectivity index (χ1n) is 6.24. The number of aliphatic hydroxyl groups is 1. The predicted molar refractivity (Wildman–Crippen MR) is 76.6 cm³/mol. The smallest absolute Gasteiger partial charge is 0.0587 e. The van der Waals surface area contributed by atoms with Gasteiger partial charge in [0.15, 0.2) is 0 Å². The fourth-order valence-corrected chi connectivity index (χ4v) is 2.27. The first-order valence-corrected chi connectivity index (χ1v) is 7.63.